The van der Waals surface area contributed by atoms with Crippen molar-refractivity contribution in [1.82, 2.24) is 14.9 Å². The van der Waals surface area contributed by atoms with E-state index in [0.29, 0.717) is 16.8 Å². The van der Waals surface area contributed by atoms with Gasteiger partial charge < -0.3 is 15.1 Å². The smallest absolute Gasteiger partial charge is 0.242 e. The fraction of sp³-hybridized carbons (Fsp3) is 0.583. The van der Waals surface area contributed by atoms with Gasteiger partial charge in [-0.3, -0.25) is 4.79 Å². The van der Waals surface area contributed by atoms with Crippen molar-refractivity contribution >= 4 is 29.3 Å². The Kier molecular flexibility index (Phi) is 4.42. The highest BCUT2D eigenvalue weighted by atomic mass is 35.5. The lowest BCUT2D eigenvalue weighted by Crippen LogP contribution is -2.37. The molecule has 0 unspecified atom stereocenters. The van der Waals surface area contributed by atoms with Crippen LogP contribution in [-0.4, -0.2) is 54.5 Å². The molecule has 0 saturated carbocycles. The maximum Gasteiger partial charge on any atom is 0.242 e. The number of halogens is 1. The minimum Gasteiger partial charge on any atom is -0.357 e. The number of rotatable bonds is 4. The van der Waals surface area contributed by atoms with Crippen LogP contribution in [0.4, 0.5) is 11.8 Å². The van der Waals surface area contributed by atoms with Gasteiger partial charge in [-0.15, -0.1) is 0 Å². The predicted molar refractivity (Wildman–Crippen MR) is 75.7 cm³/mol. The van der Waals surface area contributed by atoms with Crippen molar-refractivity contribution in [2.45, 2.75) is 12.8 Å². The predicted octanol–water partition coefficient (Wildman–Crippen LogP) is 1.23. The topological polar surface area (TPSA) is 61.4 Å². The molecule has 0 bridgehead atoms. The molecular weight excluding hydrogens is 266 g/mol. The molecule has 2 heterocycles. The zero-order valence-electron chi connectivity index (χ0n) is 11.2. The molecular formula is C12H18ClN5O. The summed E-state index contributed by atoms with van der Waals surface area (Å²) in [5.41, 5.74) is 0. The normalized spacial score (nSPS) is 14.6. The first-order valence-corrected chi connectivity index (χ1v) is 6.69. The molecule has 1 aliphatic heterocycles. The molecule has 0 radical (unpaired) electrons. The van der Waals surface area contributed by atoms with Gasteiger partial charge in [0.1, 0.15) is 5.02 Å². The van der Waals surface area contributed by atoms with Gasteiger partial charge in [0.15, 0.2) is 5.82 Å². The molecule has 19 heavy (non-hydrogen) atoms. The third-order valence-electron chi connectivity index (χ3n) is 3.14. The summed E-state index contributed by atoms with van der Waals surface area (Å²) < 4.78 is 0. The van der Waals surface area contributed by atoms with Crippen LogP contribution in [0.2, 0.25) is 5.02 Å². The average Bonchev–Trinajstić information content (AvgIpc) is 2.93. The second-order valence-electron chi connectivity index (χ2n) is 4.56. The van der Waals surface area contributed by atoms with Crippen molar-refractivity contribution in [1.29, 1.82) is 0 Å². The summed E-state index contributed by atoms with van der Waals surface area (Å²) in [4.78, 5) is 24.0. The second kappa shape index (κ2) is 6.06. The summed E-state index contributed by atoms with van der Waals surface area (Å²) in [6.07, 6.45) is 3.72. The van der Waals surface area contributed by atoms with Gasteiger partial charge in [0, 0.05) is 27.2 Å². The largest absolute Gasteiger partial charge is 0.357 e. The van der Waals surface area contributed by atoms with Crippen LogP contribution in [0.3, 0.4) is 0 Å². The Balaban J connectivity index is 2.06. The van der Waals surface area contributed by atoms with Crippen LogP contribution in [0.5, 0.6) is 0 Å². The second-order valence-corrected chi connectivity index (χ2v) is 4.97. The molecule has 6 nitrogen and oxygen atoms in total. The van der Waals surface area contributed by atoms with Crippen LogP contribution in [0.1, 0.15) is 12.8 Å². The van der Waals surface area contributed by atoms with E-state index < -0.39 is 0 Å². The number of hydrogen-bond donors (Lipinski definition) is 1. The molecule has 1 aromatic heterocycles. The number of nitrogens with zero attached hydrogens (tertiary/aromatic N) is 4. The molecule has 0 aliphatic carbocycles. The number of amides is 1. The lowest BCUT2D eigenvalue weighted by Gasteiger charge is -2.22. The minimum atomic E-state index is 0.112. The van der Waals surface area contributed by atoms with Crippen molar-refractivity contribution in [3.63, 3.8) is 0 Å². The maximum atomic E-state index is 12.1. The van der Waals surface area contributed by atoms with E-state index in [1.54, 1.807) is 11.9 Å². The Bertz CT molecular complexity index is 461. The average molecular weight is 284 g/mol. The van der Waals surface area contributed by atoms with Crippen molar-refractivity contribution in [3.8, 4) is 0 Å². The van der Waals surface area contributed by atoms with Crippen LogP contribution in [0.15, 0.2) is 6.20 Å². The zero-order chi connectivity index (χ0) is 13.8. The number of likely N-dealkylation sites (N-methyl/N-ethyl adjacent to an activating group) is 1. The third-order valence-corrected chi connectivity index (χ3v) is 3.41. The van der Waals surface area contributed by atoms with E-state index in [2.05, 4.69) is 15.3 Å². The van der Waals surface area contributed by atoms with Crippen LogP contribution in [0.25, 0.3) is 0 Å². The first-order chi connectivity index (χ1) is 9.11. The highest BCUT2D eigenvalue weighted by Gasteiger charge is 2.20. The quantitative estimate of drug-likeness (QED) is 0.901. The van der Waals surface area contributed by atoms with Gasteiger partial charge in [-0.1, -0.05) is 11.6 Å². The lowest BCUT2D eigenvalue weighted by molar-refractivity contribution is -0.128. The molecule has 0 atom stereocenters. The van der Waals surface area contributed by atoms with Crippen molar-refractivity contribution in [2.75, 3.05) is 43.9 Å². The zero-order valence-corrected chi connectivity index (χ0v) is 11.9. The number of likely N-dealkylation sites (tertiary alicyclic amines) is 1. The van der Waals surface area contributed by atoms with Gasteiger partial charge >= 0.3 is 0 Å². The van der Waals surface area contributed by atoms with Crippen LogP contribution in [-0.2, 0) is 4.79 Å². The van der Waals surface area contributed by atoms with E-state index in [1.165, 1.54) is 6.20 Å². The summed E-state index contributed by atoms with van der Waals surface area (Å²) in [5.74, 6) is 1.16. The van der Waals surface area contributed by atoms with E-state index in [0.717, 1.165) is 25.9 Å². The summed E-state index contributed by atoms with van der Waals surface area (Å²) in [6, 6.07) is 0. The van der Waals surface area contributed by atoms with Gasteiger partial charge in [-0.25, -0.2) is 4.98 Å². The van der Waals surface area contributed by atoms with Crippen LogP contribution in [0, 0.1) is 0 Å². The standard InChI is InChI=1S/C12H18ClN5O/c1-14-12-15-7-9(13)11(16-12)17(2)8-10(19)18-5-3-4-6-18/h7H,3-6,8H2,1-2H3,(H,14,15,16). The van der Waals surface area contributed by atoms with Gasteiger partial charge in [0.05, 0.1) is 12.7 Å². The Morgan fingerprint density at radius 1 is 1.53 bits per heavy atom. The first kappa shape index (κ1) is 13.9. The molecule has 1 fully saturated rings. The summed E-state index contributed by atoms with van der Waals surface area (Å²) in [5, 5.41) is 3.30. The highest BCUT2D eigenvalue weighted by molar-refractivity contribution is 6.32. The van der Waals surface area contributed by atoms with Crippen molar-refractivity contribution < 1.29 is 4.79 Å². The monoisotopic (exact) mass is 283 g/mol. The molecule has 0 aromatic carbocycles. The molecule has 2 rings (SSSR count). The Labute approximate surface area is 117 Å². The molecule has 1 amide bonds. The molecule has 1 aliphatic rings. The summed E-state index contributed by atoms with van der Waals surface area (Å²) in [6.45, 7) is 1.98. The number of carbonyl (C=O) groups is 1. The number of hydrogen-bond acceptors (Lipinski definition) is 5. The number of anilines is 2. The molecule has 1 aromatic rings. The molecule has 1 N–H and O–H groups in total. The van der Waals surface area contributed by atoms with Gasteiger partial charge in [0.2, 0.25) is 11.9 Å². The minimum absolute atomic E-state index is 0.112. The van der Waals surface area contributed by atoms with E-state index in [9.17, 15) is 4.79 Å². The number of carbonyl (C=O) groups excluding carboxylic acids is 1. The SMILES string of the molecule is CNc1ncc(Cl)c(N(C)CC(=O)N2CCCC2)n1. The lowest BCUT2D eigenvalue weighted by atomic mass is 10.4. The maximum absolute atomic E-state index is 12.1. The Hall–Kier alpha value is -1.56. The number of nitrogens with one attached hydrogen (secondary N) is 1. The van der Waals surface area contributed by atoms with Crippen LogP contribution < -0.4 is 10.2 Å². The molecule has 104 valence electrons. The van der Waals surface area contributed by atoms with Crippen molar-refractivity contribution in [2.24, 2.45) is 0 Å². The van der Waals surface area contributed by atoms with Gasteiger partial charge in [-0.2, -0.15) is 4.98 Å². The van der Waals surface area contributed by atoms with Crippen LogP contribution >= 0.6 is 11.6 Å². The fourth-order valence-electron chi connectivity index (χ4n) is 2.09. The Morgan fingerprint density at radius 2 is 2.21 bits per heavy atom. The van der Waals surface area contributed by atoms with E-state index in [4.69, 9.17) is 11.6 Å². The van der Waals surface area contributed by atoms with Crippen molar-refractivity contribution in [3.05, 3.63) is 11.2 Å². The van der Waals surface area contributed by atoms with E-state index in [-0.39, 0.29) is 12.5 Å². The van der Waals surface area contributed by atoms with E-state index >= 15 is 0 Å². The molecule has 0 spiro atoms. The first-order valence-electron chi connectivity index (χ1n) is 6.31. The molecule has 7 heteroatoms. The Morgan fingerprint density at radius 3 is 2.84 bits per heavy atom. The summed E-state index contributed by atoms with van der Waals surface area (Å²) >= 11 is 6.07. The molecule has 1 saturated heterocycles. The summed E-state index contributed by atoms with van der Waals surface area (Å²) in [7, 11) is 3.55. The van der Waals surface area contributed by atoms with Gasteiger partial charge in [0.25, 0.3) is 0 Å². The fourth-order valence-corrected chi connectivity index (χ4v) is 2.33. The van der Waals surface area contributed by atoms with Gasteiger partial charge in [-0.05, 0) is 12.8 Å². The third kappa shape index (κ3) is 3.26. The highest BCUT2D eigenvalue weighted by Crippen LogP contribution is 2.22. The van der Waals surface area contributed by atoms with E-state index in [1.807, 2.05) is 11.9 Å². The number of aromatic nitrogens is 2.